The molecular formula is C16H13F3N2O4S. The van der Waals surface area contributed by atoms with E-state index in [1.165, 1.54) is 0 Å². The van der Waals surface area contributed by atoms with E-state index < -0.39 is 50.4 Å². The molecule has 6 nitrogen and oxygen atoms in total. The molecule has 2 aromatic carbocycles. The molecule has 10 heteroatoms. The molecule has 0 aromatic heterocycles. The van der Waals surface area contributed by atoms with Gasteiger partial charge in [-0.25, -0.2) is 21.6 Å². The van der Waals surface area contributed by atoms with Crippen LogP contribution in [-0.2, 0) is 14.6 Å². The van der Waals surface area contributed by atoms with Gasteiger partial charge in [0.25, 0.3) is 5.91 Å². The molecule has 0 heterocycles. The standard InChI is InChI=1S/C16H13F3N2O4S/c1-8(22)20-14-7-15(13(19)6-12(14)18)21-16(23)10-5-9(26(2,24)25)3-4-11(10)17/h3-7H,1-2H3,(H,20,22)(H,21,23). The number of anilines is 2. The third-order valence-electron chi connectivity index (χ3n) is 3.23. The van der Waals surface area contributed by atoms with Crippen LogP contribution >= 0.6 is 0 Å². The summed E-state index contributed by atoms with van der Waals surface area (Å²) >= 11 is 0. The Morgan fingerprint density at radius 3 is 2.00 bits per heavy atom. The Hall–Kier alpha value is -2.88. The third-order valence-corrected chi connectivity index (χ3v) is 4.34. The fourth-order valence-corrected chi connectivity index (χ4v) is 2.68. The van der Waals surface area contributed by atoms with Crippen molar-refractivity contribution in [3.8, 4) is 0 Å². The lowest BCUT2D eigenvalue weighted by Gasteiger charge is -2.11. The number of benzene rings is 2. The lowest BCUT2D eigenvalue weighted by molar-refractivity contribution is -0.114. The van der Waals surface area contributed by atoms with Gasteiger partial charge in [0.05, 0.1) is 21.8 Å². The Morgan fingerprint density at radius 1 is 0.885 bits per heavy atom. The summed E-state index contributed by atoms with van der Waals surface area (Å²) in [6, 6.07) is 3.83. The SMILES string of the molecule is CC(=O)Nc1cc(NC(=O)c2cc(S(C)(=O)=O)ccc2F)c(F)cc1F. The molecule has 26 heavy (non-hydrogen) atoms. The molecular weight excluding hydrogens is 373 g/mol. The van der Waals surface area contributed by atoms with Crippen LogP contribution in [0.4, 0.5) is 24.5 Å². The lowest BCUT2D eigenvalue weighted by atomic mass is 10.2. The zero-order chi connectivity index (χ0) is 19.6. The minimum absolute atomic E-state index is 0.303. The molecule has 0 aliphatic rings. The summed E-state index contributed by atoms with van der Waals surface area (Å²) in [5, 5.41) is 4.13. The van der Waals surface area contributed by atoms with E-state index in [0.717, 1.165) is 37.4 Å². The second-order valence-corrected chi connectivity index (χ2v) is 7.38. The van der Waals surface area contributed by atoms with Gasteiger partial charge in [-0.05, 0) is 24.3 Å². The van der Waals surface area contributed by atoms with E-state index in [4.69, 9.17) is 0 Å². The summed E-state index contributed by atoms with van der Waals surface area (Å²) in [6.45, 7) is 1.10. The van der Waals surface area contributed by atoms with Gasteiger partial charge < -0.3 is 10.6 Å². The topological polar surface area (TPSA) is 92.3 Å². The zero-order valence-electron chi connectivity index (χ0n) is 13.6. The van der Waals surface area contributed by atoms with Crippen molar-refractivity contribution >= 4 is 33.0 Å². The number of carbonyl (C=O) groups excluding carboxylic acids is 2. The van der Waals surface area contributed by atoms with Gasteiger partial charge >= 0.3 is 0 Å². The maximum atomic E-state index is 13.9. The second-order valence-electron chi connectivity index (χ2n) is 5.36. The molecule has 0 atom stereocenters. The molecule has 0 spiro atoms. The molecule has 0 bridgehead atoms. The fourth-order valence-electron chi connectivity index (χ4n) is 2.03. The van der Waals surface area contributed by atoms with Gasteiger partial charge in [0, 0.05) is 19.2 Å². The Balaban J connectivity index is 2.40. The van der Waals surface area contributed by atoms with Crippen LogP contribution in [0.3, 0.4) is 0 Å². The van der Waals surface area contributed by atoms with E-state index in [1.807, 2.05) is 5.32 Å². The van der Waals surface area contributed by atoms with Crippen molar-refractivity contribution < 1.29 is 31.2 Å². The highest BCUT2D eigenvalue weighted by atomic mass is 32.2. The van der Waals surface area contributed by atoms with E-state index in [-0.39, 0.29) is 10.6 Å². The van der Waals surface area contributed by atoms with Crippen molar-refractivity contribution in [1.29, 1.82) is 0 Å². The second kappa shape index (κ2) is 7.16. The number of halogens is 3. The fraction of sp³-hybridized carbons (Fsp3) is 0.125. The number of nitrogens with one attached hydrogen (secondary N) is 2. The first-order valence-corrected chi connectivity index (χ1v) is 8.96. The van der Waals surface area contributed by atoms with Gasteiger partial charge in [0.1, 0.15) is 17.5 Å². The van der Waals surface area contributed by atoms with E-state index in [1.54, 1.807) is 0 Å². The van der Waals surface area contributed by atoms with Crippen LogP contribution in [0.25, 0.3) is 0 Å². The maximum absolute atomic E-state index is 13.9. The first kappa shape index (κ1) is 19.4. The Bertz CT molecular complexity index is 1010. The van der Waals surface area contributed by atoms with Gasteiger partial charge in [-0.15, -0.1) is 0 Å². The number of carbonyl (C=O) groups is 2. The smallest absolute Gasteiger partial charge is 0.258 e. The van der Waals surface area contributed by atoms with Gasteiger partial charge in [-0.2, -0.15) is 0 Å². The van der Waals surface area contributed by atoms with Crippen LogP contribution in [0.1, 0.15) is 17.3 Å². The first-order chi connectivity index (χ1) is 12.0. The summed E-state index contributed by atoms with van der Waals surface area (Å²) in [5.74, 6) is -5.03. The largest absolute Gasteiger partial charge is 0.324 e. The first-order valence-electron chi connectivity index (χ1n) is 7.06. The predicted molar refractivity (Wildman–Crippen MR) is 88.1 cm³/mol. The third kappa shape index (κ3) is 4.39. The van der Waals surface area contributed by atoms with Crippen LogP contribution < -0.4 is 10.6 Å². The van der Waals surface area contributed by atoms with Crippen molar-refractivity contribution in [2.45, 2.75) is 11.8 Å². The Morgan fingerprint density at radius 2 is 1.46 bits per heavy atom. The number of hydrogen-bond donors (Lipinski definition) is 2. The molecule has 0 saturated carbocycles. The normalized spacial score (nSPS) is 11.1. The Labute approximate surface area is 146 Å². The van der Waals surface area contributed by atoms with Crippen LogP contribution in [0.15, 0.2) is 35.2 Å². The van der Waals surface area contributed by atoms with Crippen molar-refractivity contribution in [3.63, 3.8) is 0 Å². The van der Waals surface area contributed by atoms with E-state index in [2.05, 4.69) is 5.32 Å². The molecule has 0 aliphatic carbocycles. The molecule has 2 N–H and O–H groups in total. The van der Waals surface area contributed by atoms with Gasteiger partial charge in [0.2, 0.25) is 5.91 Å². The summed E-state index contributed by atoms with van der Waals surface area (Å²) in [6.07, 6.45) is 0.876. The maximum Gasteiger partial charge on any atom is 0.258 e. The van der Waals surface area contributed by atoms with Crippen molar-refractivity contribution in [1.82, 2.24) is 0 Å². The van der Waals surface area contributed by atoms with Crippen LogP contribution in [0, 0.1) is 17.5 Å². The van der Waals surface area contributed by atoms with Gasteiger partial charge in [-0.1, -0.05) is 0 Å². The molecule has 0 fully saturated rings. The molecule has 0 radical (unpaired) electrons. The summed E-state index contributed by atoms with van der Waals surface area (Å²) in [7, 11) is -3.70. The molecule has 2 amide bonds. The summed E-state index contributed by atoms with van der Waals surface area (Å²) in [4.78, 5) is 22.9. The van der Waals surface area contributed by atoms with Crippen molar-refractivity contribution in [2.75, 3.05) is 16.9 Å². The van der Waals surface area contributed by atoms with Crippen molar-refractivity contribution in [3.05, 3.63) is 53.3 Å². The van der Waals surface area contributed by atoms with Crippen molar-refractivity contribution in [2.24, 2.45) is 0 Å². The summed E-state index contributed by atoms with van der Waals surface area (Å²) in [5.41, 5.74) is -1.55. The molecule has 138 valence electrons. The lowest BCUT2D eigenvalue weighted by Crippen LogP contribution is -2.16. The van der Waals surface area contributed by atoms with Gasteiger partial charge in [-0.3, -0.25) is 9.59 Å². The quantitative estimate of drug-likeness (QED) is 0.791. The van der Waals surface area contributed by atoms with Gasteiger partial charge in [0.15, 0.2) is 9.84 Å². The minimum atomic E-state index is -3.70. The van der Waals surface area contributed by atoms with Crippen LogP contribution in [0.5, 0.6) is 0 Å². The van der Waals surface area contributed by atoms with E-state index >= 15 is 0 Å². The van der Waals surface area contributed by atoms with Crippen LogP contribution in [-0.4, -0.2) is 26.5 Å². The highest BCUT2D eigenvalue weighted by Gasteiger charge is 2.19. The summed E-state index contributed by atoms with van der Waals surface area (Å²) < 4.78 is 64.4. The van der Waals surface area contributed by atoms with E-state index in [0.29, 0.717) is 6.07 Å². The highest BCUT2D eigenvalue weighted by molar-refractivity contribution is 7.90. The molecule has 2 aromatic rings. The molecule has 0 unspecified atom stereocenters. The van der Waals surface area contributed by atoms with E-state index in [9.17, 15) is 31.2 Å². The number of rotatable bonds is 4. The predicted octanol–water partition coefficient (Wildman–Crippen LogP) is 2.72. The van der Waals surface area contributed by atoms with Crippen LogP contribution in [0.2, 0.25) is 0 Å². The molecule has 0 aliphatic heterocycles. The monoisotopic (exact) mass is 386 g/mol. The average Bonchev–Trinajstić information content (AvgIpc) is 2.50. The molecule has 0 saturated heterocycles. The number of hydrogen-bond acceptors (Lipinski definition) is 4. The average molecular weight is 386 g/mol. The zero-order valence-corrected chi connectivity index (χ0v) is 14.4. The Kier molecular flexibility index (Phi) is 5.36. The number of amides is 2. The minimum Gasteiger partial charge on any atom is -0.324 e. The highest BCUT2D eigenvalue weighted by Crippen LogP contribution is 2.25. The number of sulfone groups is 1. The molecule has 2 rings (SSSR count).